The minimum Gasteiger partial charge on any atom is -0.192 e. The first-order valence-electron chi connectivity index (χ1n) is 3.39. The smallest absolute Gasteiger partial charge is 0.102 e. The quantitative estimate of drug-likeness (QED) is 0.688. The summed E-state index contributed by atoms with van der Waals surface area (Å²) in [7, 11) is 0. The molecule has 1 heterocycles. The van der Waals surface area contributed by atoms with E-state index >= 15 is 0 Å². The van der Waals surface area contributed by atoms with Crippen molar-refractivity contribution in [2.24, 2.45) is 0 Å². The van der Waals surface area contributed by atoms with Crippen LogP contribution in [0.15, 0.2) is 28.1 Å². The standard InChI is InChI=1S/C9H4BrNS/c10-8-2-1-6-3-4-12-9(6)7(8)5-11/h1-4H. The molecule has 0 aliphatic carbocycles. The monoisotopic (exact) mass is 237 g/mol. The van der Waals surface area contributed by atoms with Crippen LogP contribution in [0.3, 0.4) is 0 Å². The highest BCUT2D eigenvalue weighted by atomic mass is 79.9. The van der Waals surface area contributed by atoms with Crippen molar-refractivity contribution in [2.45, 2.75) is 0 Å². The number of nitriles is 1. The molecule has 0 atom stereocenters. The number of hydrogen-bond acceptors (Lipinski definition) is 2. The Morgan fingerprint density at radius 1 is 1.33 bits per heavy atom. The molecule has 0 unspecified atom stereocenters. The number of halogens is 1. The average Bonchev–Trinajstić information content (AvgIpc) is 2.52. The second-order valence-corrected chi connectivity index (χ2v) is 4.14. The van der Waals surface area contributed by atoms with Gasteiger partial charge in [0.1, 0.15) is 6.07 Å². The zero-order chi connectivity index (χ0) is 8.55. The first-order valence-corrected chi connectivity index (χ1v) is 5.06. The van der Waals surface area contributed by atoms with Gasteiger partial charge in [0.25, 0.3) is 0 Å². The molecule has 1 nitrogen and oxygen atoms in total. The zero-order valence-corrected chi connectivity index (χ0v) is 8.45. The second-order valence-electron chi connectivity index (χ2n) is 2.37. The Balaban J connectivity index is 2.94. The van der Waals surface area contributed by atoms with Crippen LogP contribution < -0.4 is 0 Å². The zero-order valence-electron chi connectivity index (χ0n) is 6.04. The van der Waals surface area contributed by atoms with Gasteiger partial charge in [0.15, 0.2) is 0 Å². The molecule has 0 fully saturated rings. The van der Waals surface area contributed by atoms with Gasteiger partial charge in [-0.25, -0.2) is 0 Å². The van der Waals surface area contributed by atoms with E-state index in [1.807, 2.05) is 23.6 Å². The predicted octanol–water partition coefficient (Wildman–Crippen LogP) is 3.54. The molecule has 12 heavy (non-hydrogen) atoms. The lowest BCUT2D eigenvalue weighted by molar-refractivity contribution is 1.50. The highest BCUT2D eigenvalue weighted by Crippen LogP contribution is 2.29. The Kier molecular flexibility index (Phi) is 1.87. The molecule has 2 aromatic rings. The fraction of sp³-hybridized carbons (Fsp3) is 0. The first-order chi connectivity index (χ1) is 5.83. The minimum absolute atomic E-state index is 0.738. The van der Waals surface area contributed by atoms with E-state index in [4.69, 9.17) is 5.26 Å². The van der Waals surface area contributed by atoms with Gasteiger partial charge in [-0.05, 0) is 38.8 Å². The molecule has 0 saturated heterocycles. The summed E-state index contributed by atoms with van der Waals surface area (Å²) < 4.78 is 1.94. The molecule has 0 radical (unpaired) electrons. The summed E-state index contributed by atoms with van der Waals surface area (Å²) in [5.74, 6) is 0. The lowest BCUT2D eigenvalue weighted by Gasteiger charge is -1.95. The van der Waals surface area contributed by atoms with Gasteiger partial charge in [0.2, 0.25) is 0 Å². The van der Waals surface area contributed by atoms with E-state index in [1.54, 1.807) is 11.3 Å². The fourth-order valence-corrected chi connectivity index (χ4v) is 2.56. The van der Waals surface area contributed by atoms with E-state index in [9.17, 15) is 0 Å². The number of nitrogens with zero attached hydrogens (tertiary/aromatic N) is 1. The van der Waals surface area contributed by atoms with E-state index in [-0.39, 0.29) is 0 Å². The van der Waals surface area contributed by atoms with Crippen molar-refractivity contribution in [3.63, 3.8) is 0 Å². The second kappa shape index (κ2) is 2.89. The summed E-state index contributed by atoms with van der Waals surface area (Å²) in [6.45, 7) is 0. The maximum absolute atomic E-state index is 8.86. The van der Waals surface area contributed by atoms with Gasteiger partial charge in [-0.15, -0.1) is 11.3 Å². The van der Waals surface area contributed by atoms with Crippen LogP contribution in [-0.2, 0) is 0 Å². The molecule has 0 bridgehead atoms. The molecule has 1 aromatic carbocycles. The molecule has 0 aliphatic rings. The van der Waals surface area contributed by atoms with Gasteiger partial charge < -0.3 is 0 Å². The van der Waals surface area contributed by atoms with Gasteiger partial charge in [-0.2, -0.15) is 5.26 Å². The number of benzene rings is 1. The third-order valence-corrected chi connectivity index (χ3v) is 3.29. The SMILES string of the molecule is N#Cc1c(Br)ccc2ccsc12. The molecule has 58 valence electrons. The van der Waals surface area contributed by atoms with Crippen molar-refractivity contribution in [1.29, 1.82) is 5.26 Å². The van der Waals surface area contributed by atoms with E-state index in [0.717, 1.165) is 20.1 Å². The van der Waals surface area contributed by atoms with Crippen LogP contribution in [-0.4, -0.2) is 0 Å². The fourth-order valence-electron chi connectivity index (χ4n) is 1.11. The average molecular weight is 238 g/mol. The van der Waals surface area contributed by atoms with Crippen LogP contribution in [0.25, 0.3) is 10.1 Å². The molecule has 0 amide bonds. The Labute approximate surface area is 82.4 Å². The third kappa shape index (κ3) is 1.04. The van der Waals surface area contributed by atoms with Gasteiger partial charge in [0, 0.05) is 4.47 Å². The van der Waals surface area contributed by atoms with E-state index in [2.05, 4.69) is 22.0 Å². The van der Waals surface area contributed by atoms with E-state index < -0.39 is 0 Å². The normalized spacial score (nSPS) is 10.0. The Morgan fingerprint density at radius 3 is 2.92 bits per heavy atom. The van der Waals surface area contributed by atoms with Crippen molar-refractivity contribution in [3.05, 3.63) is 33.6 Å². The highest BCUT2D eigenvalue weighted by Gasteiger charge is 2.04. The molecule has 0 aliphatic heterocycles. The highest BCUT2D eigenvalue weighted by molar-refractivity contribution is 9.10. The van der Waals surface area contributed by atoms with Crippen molar-refractivity contribution < 1.29 is 0 Å². The molecule has 0 spiro atoms. The maximum Gasteiger partial charge on any atom is 0.102 e. The van der Waals surface area contributed by atoms with E-state index in [1.165, 1.54) is 0 Å². The third-order valence-electron chi connectivity index (χ3n) is 1.68. The summed E-state index contributed by atoms with van der Waals surface area (Å²) in [5, 5.41) is 12.0. The van der Waals surface area contributed by atoms with E-state index in [0.29, 0.717) is 0 Å². The summed E-state index contributed by atoms with van der Waals surface area (Å²) in [6, 6.07) is 8.13. The Morgan fingerprint density at radius 2 is 2.17 bits per heavy atom. The van der Waals surface area contributed by atoms with Crippen LogP contribution in [0.4, 0.5) is 0 Å². The summed E-state index contributed by atoms with van der Waals surface area (Å²) >= 11 is 4.95. The van der Waals surface area contributed by atoms with Crippen LogP contribution in [0.5, 0.6) is 0 Å². The first kappa shape index (κ1) is 7.78. The summed E-state index contributed by atoms with van der Waals surface area (Å²) in [6.07, 6.45) is 0. The molecular weight excluding hydrogens is 234 g/mol. The Bertz CT molecular complexity index is 467. The van der Waals surface area contributed by atoms with Crippen molar-refractivity contribution in [1.82, 2.24) is 0 Å². The summed E-state index contributed by atoms with van der Waals surface area (Å²) in [4.78, 5) is 0. The van der Waals surface area contributed by atoms with Crippen molar-refractivity contribution >= 4 is 37.4 Å². The molecule has 0 N–H and O–H groups in total. The molecule has 3 heteroatoms. The lowest BCUT2D eigenvalue weighted by Crippen LogP contribution is -1.75. The van der Waals surface area contributed by atoms with Gasteiger partial charge in [-0.3, -0.25) is 0 Å². The Hall–Kier alpha value is -0.850. The summed E-state index contributed by atoms with van der Waals surface area (Å²) in [5.41, 5.74) is 0.738. The van der Waals surface area contributed by atoms with Gasteiger partial charge in [-0.1, -0.05) is 6.07 Å². The minimum atomic E-state index is 0.738. The number of fused-ring (bicyclic) bond motifs is 1. The van der Waals surface area contributed by atoms with Gasteiger partial charge >= 0.3 is 0 Å². The number of hydrogen-bond donors (Lipinski definition) is 0. The number of rotatable bonds is 0. The van der Waals surface area contributed by atoms with Crippen molar-refractivity contribution in [3.8, 4) is 6.07 Å². The largest absolute Gasteiger partial charge is 0.192 e. The molecular formula is C9H4BrNS. The van der Waals surface area contributed by atoms with Gasteiger partial charge in [0.05, 0.1) is 10.3 Å². The van der Waals surface area contributed by atoms with Crippen LogP contribution in [0, 0.1) is 11.3 Å². The maximum atomic E-state index is 8.86. The van der Waals surface area contributed by atoms with Crippen LogP contribution in [0.1, 0.15) is 5.56 Å². The van der Waals surface area contributed by atoms with Crippen LogP contribution >= 0.6 is 27.3 Å². The lowest BCUT2D eigenvalue weighted by atomic mass is 10.2. The molecule has 1 aromatic heterocycles. The topological polar surface area (TPSA) is 23.8 Å². The predicted molar refractivity (Wildman–Crippen MR) is 54.2 cm³/mol. The van der Waals surface area contributed by atoms with Crippen LogP contribution in [0.2, 0.25) is 0 Å². The molecule has 0 saturated carbocycles. The van der Waals surface area contributed by atoms with Crippen molar-refractivity contribution in [2.75, 3.05) is 0 Å². The molecule has 2 rings (SSSR count). The number of thiophene rings is 1.